The van der Waals surface area contributed by atoms with Crippen LogP contribution in [-0.2, 0) is 6.54 Å². The molecule has 6 bridgehead atoms. The van der Waals surface area contributed by atoms with Gasteiger partial charge in [-0.25, -0.2) is 28.7 Å². The molecule has 39 heavy (non-hydrogen) atoms. The van der Waals surface area contributed by atoms with Gasteiger partial charge in [0, 0.05) is 74.4 Å². The highest BCUT2D eigenvalue weighted by atomic mass is 19.1. The fraction of sp³-hybridized carbons (Fsp3) is 0.429. The van der Waals surface area contributed by atoms with Crippen molar-refractivity contribution in [2.24, 2.45) is 0 Å². The number of pyridine rings is 1. The average molecular weight is 534 g/mol. The highest BCUT2D eigenvalue weighted by Crippen LogP contribution is 2.32. The molecule has 6 rings (SSSR count). The highest BCUT2D eigenvalue weighted by Gasteiger charge is 2.21. The number of likely N-dealkylation sites (N-methyl/N-ethyl adjacent to an activating group) is 1. The summed E-state index contributed by atoms with van der Waals surface area (Å²) in [6.45, 7) is 12.9. The summed E-state index contributed by atoms with van der Waals surface area (Å²) in [6.07, 6.45) is 3.75. The predicted molar refractivity (Wildman–Crippen MR) is 148 cm³/mol. The summed E-state index contributed by atoms with van der Waals surface area (Å²) in [5.74, 6) is 0.297. The van der Waals surface area contributed by atoms with Crippen molar-refractivity contribution in [3.05, 3.63) is 53.6 Å². The number of nitrogens with zero attached hydrogens (tertiary/aromatic N) is 7. The molecule has 11 heteroatoms. The van der Waals surface area contributed by atoms with Crippen molar-refractivity contribution in [2.75, 3.05) is 49.9 Å². The van der Waals surface area contributed by atoms with Crippen LogP contribution >= 0.6 is 0 Å². The van der Waals surface area contributed by atoms with Crippen LogP contribution < -0.4 is 10.6 Å². The number of nitrogens with one attached hydrogen (secondary N) is 2. The normalized spacial score (nSPS) is 18.4. The maximum atomic E-state index is 15.2. The number of rotatable bonds is 3. The van der Waals surface area contributed by atoms with Crippen molar-refractivity contribution in [3.8, 4) is 11.3 Å². The first kappa shape index (κ1) is 25.6. The Morgan fingerprint density at radius 3 is 2.56 bits per heavy atom. The second kappa shape index (κ2) is 10.5. The Bertz CT molecular complexity index is 1510. The number of benzene rings is 1. The van der Waals surface area contributed by atoms with Gasteiger partial charge in [0.1, 0.15) is 22.9 Å². The van der Waals surface area contributed by atoms with E-state index in [1.807, 2.05) is 23.8 Å². The van der Waals surface area contributed by atoms with Crippen LogP contribution in [0.4, 0.5) is 26.2 Å². The first-order valence-electron chi connectivity index (χ1n) is 13.5. The lowest BCUT2D eigenvalue weighted by Crippen LogP contribution is -2.45. The molecule has 0 saturated carbocycles. The number of halogens is 2. The smallest absolute Gasteiger partial charge is 0.229 e. The third kappa shape index (κ3) is 5.04. The van der Waals surface area contributed by atoms with Crippen molar-refractivity contribution in [1.82, 2.24) is 34.3 Å². The molecule has 3 aromatic heterocycles. The number of fused-ring (bicyclic) bond motifs is 6. The van der Waals surface area contributed by atoms with Crippen molar-refractivity contribution >= 4 is 28.5 Å². The lowest BCUT2D eigenvalue weighted by atomic mass is 10.1. The Hall–Kier alpha value is -3.70. The first-order chi connectivity index (χ1) is 18.9. The molecule has 1 aromatic carbocycles. The van der Waals surface area contributed by atoms with Crippen LogP contribution in [0.1, 0.15) is 37.7 Å². The molecule has 1 unspecified atom stereocenters. The molecule has 2 aliphatic rings. The molecular weight excluding hydrogens is 500 g/mol. The number of hydrogen-bond donors (Lipinski definition) is 2. The SMILES string of the molecule is CCN1CCN(Cc2cnc3cc2NCCC(C)n2c(C)nc4c(F)cc(cc42)-c2nc(ncc2F)N3)CC1. The first-order valence-corrected chi connectivity index (χ1v) is 13.5. The van der Waals surface area contributed by atoms with E-state index in [1.165, 1.54) is 6.07 Å². The molecule has 0 spiro atoms. The minimum atomic E-state index is -0.631. The summed E-state index contributed by atoms with van der Waals surface area (Å²) < 4.78 is 32.1. The molecule has 2 aliphatic heterocycles. The molecule has 9 nitrogen and oxygen atoms in total. The maximum absolute atomic E-state index is 15.2. The molecule has 4 aromatic rings. The number of hydrogen-bond acceptors (Lipinski definition) is 8. The van der Waals surface area contributed by atoms with Crippen LogP contribution in [0.5, 0.6) is 0 Å². The van der Waals surface area contributed by atoms with E-state index in [1.54, 1.807) is 6.07 Å². The molecule has 5 heterocycles. The van der Waals surface area contributed by atoms with E-state index in [-0.39, 0.29) is 23.2 Å². The molecule has 2 N–H and O–H groups in total. The fourth-order valence-electron chi connectivity index (χ4n) is 5.60. The number of anilines is 3. The van der Waals surface area contributed by atoms with Crippen molar-refractivity contribution in [1.29, 1.82) is 0 Å². The average Bonchev–Trinajstić information content (AvgIpc) is 3.27. The summed E-state index contributed by atoms with van der Waals surface area (Å²) in [4.78, 5) is 22.5. The summed E-state index contributed by atoms with van der Waals surface area (Å²) >= 11 is 0. The fourth-order valence-corrected chi connectivity index (χ4v) is 5.60. The van der Waals surface area contributed by atoms with Crippen molar-refractivity contribution in [2.45, 2.75) is 39.8 Å². The van der Waals surface area contributed by atoms with Gasteiger partial charge in [0.05, 0.1) is 11.7 Å². The minimum Gasteiger partial charge on any atom is -0.385 e. The van der Waals surface area contributed by atoms with Gasteiger partial charge in [0.15, 0.2) is 11.6 Å². The summed E-state index contributed by atoms with van der Waals surface area (Å²) in [5, 5.41) is 6.72. The van der Waals surface area contributed by atoms with E-state index in [0.29, 0.717) is 29.3 Å². The molecule has 0 radical (unpaired) electrons. The van der Waals surface area contributed by atoms with E-state index >= 15 is 4.39 Å². The minimum absolute atomic E-state index is 0.0161. The number of imidazole rings is 1. The molecule has 1 atom stereocenters. The molecule has 204 valence electrons. The van der Waals surface area contributed by atoms with Gasteiger partial charge in [-0.05, 0) is 38.9 Å². The van der Waals surface area contributed by atoms with Crippen LogP contribution in [-0.4, -0.2) is 73.6 Å². The Labute approximate surface area is 226 Å². The maximum Gasteiger partial charge on any atom is 0.229 e. The van der Waals surface area contributed by atoms with Crippen LogP contribution in [0.25, 0.3) is 22.3 Å². The monoisotopic (exact) mass is 533 g/mol. The van der Waals surface area contributed by atoms with Gasteiger partial charge in [-0.2, -0.15) is 0 Å². The lowest BCUT2D eigenvalue weighted by molar-refractivity contribution is 0.132. The van der Waals surface area contributed by atoms with E-state index in [4.69, 9.17) is 0 Å². The van der Waals surface area contributed by atoms with Crippen molar-refractivity contribution in [3.63, 3.8) is 0 Å². The van der Waals surface area contributed by atoms with Crippen LogP contribution in [0.15, 0.2) is 30.6 Å². The number of piperazine rings is 1. The molecular formula is C28H33F2N9. The quantitative estimate of drug-likeness (QED) is 0.391. The predicted octanol–water partition coefficient (Wildman–Crippen LogP) is 4.73. The van der Waals surface area contributed by atoms with Gasteiger partial charge in [-0.1, -0.05) is 6.92 Å². The summed E-state index contributed by atoms with van der Waals surface area (Å²) in [7, 11) is 0. The number of aryl methyl sites for hydroxylation is 1. The zero-order valence-corrected chi connectivity index (χ0v) is 22.5. The largest absolute Gasteiger partial charge is 0.385 e. The molecule has 0 amide bonds. The summed E-state index contributed by atoms with van der Waals surface area (Å²) in [6, 6.07) is 5.02. The third-order valence-corrected chi connectivity index (χ3v) is 7.79. The zero-order chi connectivity index (χ0) is 27.1. The van der Waals surface area contributed by atoms with Crippen LogP contribution in [0.2, 0.25) is 0 Å². The molecule has 1 saturated heterocycles. The number of aromatic nitrogens is 5. The molecule has 1 fully saturated rings. The van der Waals surface area contributed by atoms with E-state index in [0.717, 1.165) is 63.1 Å². The van der Waals surface area contributed by atoms with Gasteiger partial charge >= 0.3 is 0 Å². The Morgan fingerprint density at radius 1 is 0.974 bits per heavy atom. The van der Waals surface area contributed by atoms with Crippen molar-refractivity contribution < 1.29 is 8.78 Å². The van der Waals surface area contributed by atoms with Crippen LogP contribution in [0, 0.1) is 18.6 Å². The summed E-state index contributed by atoms with van der Waals surface area (Å²) in [5.41, 5.74) is 3.33. The van der Waals surface area contributed by atoms with Crippen LogP contribution in [0.3, 0.4) is 0 Å². The van der Waals surface area contributed by atoms with Gasteiger partial charge in [0.2, 0.25) is 5.95 Å². The Morgan fingerprint density at radius 2 is 1.77 bits per heavy atom. The third-order valence-electron chi connectivity index (χ3n) is 7.79. The van der Waals surface area contributed by atoms with Gasteiger partial charge in [-0.15, -0.1) is 0 Å². The second-order valence-corrected chi connectivity index (χ2v) is 10.4. The van der Waals surface area contributed by atoms with Gasteiger partial charge in [-0.3, -0.25) is 4.90 Å². The highest BCUT2D eigenvalue weighted by molar-refractivity contribution is 5.83. The Kier molecular flexibility index (Phi) is 6.86. The topological polar surface area (TPSA) is 87.0 Å². The standard InChI is InChI=1S/C28H33F2N9/c1-4-37-7-9-38(10-8-37)16-20-14-32-25-13-23(20)31-6-5-17(2)39-18(3)34-27-21(29)11-19(12-24(27)39)26-22(30)15-33-28(35-25)36-26/h11-15,17,31H,4-10,16H2,1-3H3,(H,32,33,35,36). The zero-order valence-electron chi connectivity index (χ0n) is 22.5. The van der Waals surface area contributed by atoms with Gasteiger partial charge < -0.3 is 20.1 Å². The lowest BCUT2D eigenvalue weighted by Gasteiger charge is -2.34. The van der Waals surface area contributed by atoms with Gasteiger partial charge in [0.25, 0.3) is 0 Å². The van der Waals surface area contributed by atoms with E-state index < -0.39 is 11.6 Å². The molecule has 0 aliphatic carbocycles. The Balaban J connectivity index is 1.39. The van der Waals surface area contributed by atoms with E-state index in [2.05, 4.69) is 54.2 Å². The van der Waals surface area contributed by atoms with E-state index in [9.17, 15) is 4.39 Å². The second-order valence-electron chi connectivity index (χ2n) is 10.4.